The van der Waals surface area contributed by atoms with E-state index in [2.05, 4.69) is 69.7 Å². The van der Waals surface area contributed by atoms with Crippen LogP contribution in [-0.4, -0.2) is 84.6 Å². The van der Waals surface area contributed by atoms with Crippen molar-refractivity contribution in [3.63, 3.8) is 0 Å². The van der Waals surface area contributed by atoms with Gasteiger partial charge in [-0.1, -0.05) is 48.5 Å². The molecule has 2 saturated heterocycles. The van der Waals surface area contributed by atoms with Crippen LogP contribution in [0.3, 0.4) is 0 Å². The van der Waals surface area contributed by atoms with Crippen LogP contribution in [0.4, 0.5) is 5.69 Å². The first-order valence-corrected chi connectivity index (χ1v) is 18.9. The van der Waals surface area contributed by atoms with Crippen LogP contribution >= 0.6 is 0 Å². The van der Waals surface area contributed by atoms with Gasteiger partial charge in [-0.3, -0.25) is 24.6 Å². The number of phenols is 1. The Morgan fingerprint density at radius 1 is 0.830 bits per heavy atom. The number of phenolic OH excluding ortho intramolecular Hbond substituents is 1. The number of benzene rings is 4. The van der Waals surface area contributed by atoms with E-state index in [0.29, 0.717) is 31.7 Å². The zero-order valence-electron chi connectivity index (χ0n) is 29.9. The molecule has 0 spiro atoms. The molecule has 0 bridgehead atoms. The van der Waals surface area contributed by atoms with E-state index in [9.17, 15) is 19.5 Å². The van der Waals surface area contributed by atoms with Crippen LogP contribution in [0.25, 0.3) is 0 Å². The SMILES string of the molecule is O=C1CCC(N2Cc3cc(N4CCN(CCCCCOc5ccc([C@@H]6c7ccc(O)cc7OC[C@@H]6c6ccccc6)cc5)CC4)ccc3C2=O)C(=O)N1. The number of nitrogens with one attached hydrogen (secondary N) is 1. The molecule has 4 heterocycles. The van der Waals surface area contributed by atoms with E-state index in [1.807, 2.05) is 24.3 Å². The molecule has 1 unspecified atom stereocenters. The van der Waals surface area contributed by atoms with Gasteiger partial charge in [0.05, 0.1) is 13.2 Å². The molecule has 0 aromatic heterocycles. The number of carbonyl (C=O) groups excluding carboxylic acids is 3. The van der Waals surface area contributed by atoms with Gasteiger partial charge in [0, 0.05) is 73.9 Å². The quantitative estimate of drug-likeness (QED) is 0.148. The van der Waals surface area contributed by atoms with Gasteiger partial charge in [-0.25, -0.2) is 0 Å². The largest absolute Gasteiger partial charge is 0.508 e. The van der Waals surface area contributed by atoms with Gasteiger partial charge in [-0.15, -0.1) is 0 Å². The lowest BCUT2D eigenvalue weighted by Crippen LogP contribution is -2.52. The van der Waals surface area contributed by atoms with Gasteiger partial charge in [-0.05, 0) is 85.3 Å². The van der Waals surface area contributed by atoms with Crippen molar-refractivity contribution in [1.82, 2.24) is 15.1 Å². The minimum atomic E-state index is -0.592. The Bertz CT molecular complexity index is 1960. The lowest BCUT2D eigenvalue weighted by Gasteiger charge is -2.36. The fraction of sp³-hybridized carbons (Fsp3) is 0.372. The highest BCUT2D eigenvalue weighted by Crippen LogP contribution is 2.47. The summed E-state index contributed by atoms with van der Waals surface area (Å²) in [4.78, 5) is 43.6. The van der Waals surface area contributed by atoms with Crippen molar-refractivity contribution in [3.8, 4) is 17.2 Å². The van der Waals surface area contributed by atoms with E-state index in [0.717, 1.165) is 80.3 Å². The van der Waals surface area contributed by atoms with Crippen LogP contribution in [0.2, 0.25) is 0 Å². The lowest BCUT2D eigenvalue weighted by molar-refractivity contribution is -0.136. The Balaban J connectivity index is 0.774. The van der Waals surface area contributed by atoms with Gasteiger partial charge in [0.25, 0.3) is 5.91 Å². The molecular formula is C43H46N4O6. The summed E-state index contributed by atoms with van der Waals surface area (Å²) in [6.07, 6.45) is 3.85. The van der Waals surface area contributed by atoms with Gasteiger partial charge in [0.15, 0.2) is 0 Å². The molecule has 2 N–H and O–H groups in total. The standard InChI is InChI=1S/C43H46N4O6/c48-33-12-16-36-39(26-33)53-28-37(29-7-3-1-4-8-29)41(36)30-9-13-34(14-10-30)52-24-6-2-5-19-45-20-22-46(23-21-45)32-11-15-35-31(25-32)27-47(43(35)51)38-17-18-40(49)44-42(38)50/h1,3-4,7-16,25-26,37-38,41,48H,2,5-6,17-24,27-28H2,(H,44,49,50)/t37-,38?,41-/m1/s1. The van der Waals surface area contributed by atoms with Crippen molar-refractivity contribution in [2.75, 3.05) is 50.8 Å². The number of piperazine rings is 1. The van der Waals surface area contributed by atoms with Crippen LogP contribution in [0.5, 0.6) is 17.2 Å². The molecule has 0 saturated carbocycles. The molecule has 274 valence electrons. The van der Waals surface area contributed by atoms with Crippen molar-refractivity contribution in [2.45, 2.75) is 56.5 Å². The van der Waals surface area contributed by atoms with Crippen molar-refractivity contribution in [3.05, 3.63) is 119 Å². The maximum Gasteiger partial charge on any atom is 0.255 e. The van der Waals surface area contributed by atoms with Gasteiger partial charge >= 0.3 is 0 Å². The number of nitrogens with zero attached hydrogens (tertiary/aromatic N) is 3. The minimum absolute atomic E-state index is 0.106. The third kappa shape index (κ3) is 7.46. The first kappa shape index (κ1) is 34.7. The van der Waals surface area contributed by atoms with Crippen LogP contribution in [0, 0.1) is 0 Å². The number of aromatic hydroxyl groups is 1. The summed E-state index contributed by atoms with van der Waals surface area (Å²) >= 11 is 0. The molecule has 2 fully saturated rings. The van der Waals surface area contributed by atoms with E-state index < -0.39 is 6.04 Å². The van der Waals surface area contributed by atoms with Crippen molar-refractivity contribution < 1.29 is 29.0 Å². The number of piperidine rings is 1. The fourth-order valence-electron chi connectivity index (χ4n) is 8.36. The number of fused-ring (bicyclic) bond motifs is 2. The number of hydrogen-bond acceptors (Lipinski definition) is 8. The molecule has 4 aromatic carbocycles. The number of amides is 3. The Morgan fingerprint density at radius 3 is 2.43 bits per heavy atom. The summed E-state index contributed by atoms with van der Waals surface area (Å²) in [5.74, 6) is 1.31. The normalized spacial score (nSPS) is 21.5. The van der Waals surface area contributed by atoms with E-state index in [4.69, 9.17) is 9.47 Å². The first-order valence-electron chi connectivity index (χ1n) is 18.9. The van der Waals surface area contributed by atoms with E-state index in [1.165, 1.54) is 11.1 Å². The molecule has 10 heteroatoms. The highest BCUT2D eigenvalue weighted by Gasteiger charge is 2.39. The molecule has 0 radical (unpaired) electrons. The van der Waals surface area contributed by atoms with Crippen molar-refractivity contribution >= 4 is 23.4 Å². The number of anilines is 1. The predicted molar refractivity (Wildman–Crippen MR) is 202 cm³/mol. The van der Waals surface area contributed by atoms with Gasteiger partial charge < -0.3 is 24.4 Å². The Kier molecular flexibility index (Phi) is 10.0. The number of hydrogen-bond donors (Lipinski definition) is 2. The lowest BCUT2D eigenvalue weighted by atomic mass is 9.76. The molecule has 4 aliphatic heterocycles. The number of rotatable bonds is 11. The second kappa shape index (κ2) is 15.3. The zero-order chi connectivity index (χ0) is 36.3. The molecular weight excluding hydrogens is 668 g/mol. The number of imide groups is 1. The third-order valence-corrected chi connectivity index (χ3v) is 11.3. The highest BCUT2D eigenvalue weighted by molar-refractivity contribution is 6.05. The van der Waals surface area contributed by atoms with Crippen LogP contribution in [-0.2, 0) is 16.1 Å². The first-order chi connectivity index (χ1) is 25.9. The summed E-state index contributed by atoms with van der Waals surface area (Å²) in [6.45, 7) is 6.53. The topological polar surface area (TPSA) is 112 Å². The summed E-state index contributed by atoms with van der Waals surface area (Å²) in [7, 11) is 0. The Labute approximate surface area is 310 Å². The third-order valence-electron chi connectivity index (χ3n) is 11.3. The van der Waals surface area contributed by atoms with E-state index >= 15 is 0 Å². The smallest absolute Gasteiger partial charge is 0.255 e. The van der Waals surface area contributed by atoms with E-state index in [-0.39, 0.29) is 41.7 Å². The molecule has 10 nitrogen and oxygen atoms in total. The summed E-state index contributed by atoms with van der Waals surface area (Å²) in [5.41, 5.74) is 6.22. The predicted octanol–water partition coefficient (Wildman–Crippen LogP) is 5.83. The number of unbranched alkanes of at least 4 members (excludes halogenated alkanes) is 2. The summed E-state index contributed by atoms with van der Waals surface area (Å²) in [5, 5.41) is 12.4. The fourth-order valence-corrected chi connectivity index (χ4v) is 8.36. The van der Waals surface area contributed by atoms with Gasteiger partial charge in [0.1, 0.15) is 23.3 Å². The summed E-state index contributed by atoms with van der Waals surface area (Å²) in [6, 6.07) is 29.8. The zero-order valence-corrected chi connectivity index (χ0v) is 29.9. The van der Waals surface area contributed by atoms with Crippen molar-refractivity contribution in [2.24, 2.45) is 0 Å². The molecule has 3 amide bonds. The molecule has 4 aromatic rings. The number of carbonyl (C=O) groups is 3. The molecule has 3 atom stereocenters. The van der Waals surface area contributed by atoms with Crippen LogP contribution < -0.4 is 19.7 Å². The highest BCUT2D eigenvalue weighted by atomic mass is 16.5. The molecule has 0 aliphatic carbocycles. The average Bonchev–Trinajstić information content (AvgIpc) is 3.51. The Morgan fingerprint density at radius 2 is 1.64 bits per heavy atom. The molecule has 53 heavy (non-hydrogen) atoms. The summed E-state index contributed by atoms with van der Waals surface area (Å²) < 4.78 is 12.3. The van der Waals surface area contributed by atoms with Crippen LogP contribution in [0.15, 0.2) is 91.0 Å². The maximum atomic E-state index is 13.1. The Hall–Kier alpha value is -5.35. The second-order valence-electron chi connectivity index (χ2n) is 14.6. The molecule has 8 rings (SSSR count). The maximum absolute atomic E-state index is 13.1. The monoisotopic (exact) mass is 714 g/mol. The minimum Gasteiger partial charge on any atom is -0.508 e. The van der Waals surface area contributed by atoms with Crippen molar-refractivity contribution in [1.29, 1.82) is 0 Å². The molecule has 4 aliphatic rings. The number of ether oxygens (including phenoxy) is 2. The van der Waals surface area contributed by atoms with Crippen LogP contribution in [0.1, 0.15) is 76.6 Å². The van der Waals surface area contributed by atoms with Gasteiger partial charge in [-0.2, -0.15) is 0 Å². The average molecular weight is 715 g/mol. The second-order valence-corrected chi connectivity index (χ2v) is 14.6. The van der Waals surface area contributed by atoms with E-state index in [1.54, 1.807) is 17.0 Å². The van der Waals surface area contributed by atoms with Gasteiger partial charge in [0.2, 0.25) is 11.8 Å².